The molecule has 154 valence electrons. The number of ether oxygens (including phenoxy) is 1. The highest BCUT2D eigenvalue weighted by Gasteiger charge is 2.26. The molecule has 0 amide bonds. The summed E-state index contributed by atoms with van der Waals surface area (Å²) in [6.45, 7) is 5.48. The Balaban J connectivity index is 1.53. The van der Waals surface area contributed by atoms with Crippen LogP contribution >= 0.6 is 11.3 Å². The number of thiazole rings is 1. The van der Waals surface area contributed by atoms with Crippen molar-refractivity contribution in [2.45, 2.75) is 32.7 Å². The van der Waals surface area contributed by atoms with Crippen LogP contribution in [0.1, 0.15) is 31.9 Å². The molecule has 6 nitrogen and oxygen atoms in total. The lowest BCUT2D eigenvalue weighted by atomic mass is 10.2. The highest BCUT2D eigenvalue weighted by molar-refractivity contribution is 7.89. The molecule has 0 N–H and O–H groups in total. The number of hydrogen-bond donors (Lipinski definition) is 0. The largest absolute Gasteiger partial charge is 0.497 e. The zero-order valence-corrected chi connectivity index (χ0v) is 18.3. The number of piperazine rings is 1. The normalized spacial score (nSPS) is 16.4. The van der Waals surface area contributed by atoms with Crippen molar-refractivity contribution < 1.29 is 13.2 Å². The molecule has 0 atom stereocenters. The third-order valence-corrected chi connectivity index (χ3v) is 7.88. The van der Waals surface area contributed by atoms with Crippen LogP contribution < -0.4 is 4.74 Å². The molecule has 28 heavy (non-hydrogen) atoms. The summed E-state index contributed by atoms with van der Waals surface area (Å²) in [5.74, 6) is 1.10. The second kappa shape index (κ2) is 9.82. The molecule has 1 fully saturated rings. The molecular formula is C20H29N3O3S2. The van der Waals surface area contributed by atoms with Crippen LogP contribution in [0.2, 0.25) is 0 Å². The molecule has 8 heteroatoms. The van der Waals surface area contributed by atoms with Gasteiger partial charge in [-0.15, -0.1) is 11.3 Å². The van der Waals surface area contributed by atoms with Gasteiger partial charge in [0.25, 0.3) is 0 Å². The molecule has 1 aromatic carbocycles. The predicted molar refractivity (Wildman–Crippen MR) is 114 cm³/mol. The zero-order valence-electron chi connectivity index (χ0n) is 16.6. The Morgan fingerprint density at radius 3 is 2.68 bits per heavy atom. The number of benzene rings is 1. The summed E-state index contributed by atoms with van der Waals surface area (Å²) in [4.78, 5) is 7.04. The van der Waals surface area contributed by atoms with Crippen LogP contribution in [0.25, 0.3) is 10.6 Å². The van der Waals surface area contributed by atoms with E-state index in [4.69, 9.17) is 9.72 Å². The lowest BCUT2D eigenvalue weighted by Crippen LogP contribution is -2.48. The summed E-state index contributed by atoms with van der Waals surface area (Å²) < 4.78 is 31.8. The molecule has 0 bridgehead atoms. The minimum Gasteiger partial charge on any atom is -0.497 e. The first-order valence-electron chi connectivity index (χ1n) is 9.81. The smallest absolute Gasteiger partial charge is 0.214 e. The van der Waals surface area contributed by atoms with Crippen LogP contribution in [0.5, 0.6) is 5.75 Å². The van der Waals surface area contributed by atoms with Gasteiger partial charge in [0.1, 0.15) is 10.8 Å². The second-order valence-corrected chi connectivity index (χ2v) is 10.0. The maximum absolute atomic E-state index is 12.4. The van der Waals surface area contributed by atoms with Gasteiger partial charge in [0.15, 0.2) is 0 Å². The van der Waals surface area contributed by atoms with Crippen molar-refractivity contribution in [3.05, 3.63) is 35.3 Å². The molecule has 2 aromatic rings. The van der Waals surface area contributed by atoms with E-state index in [9.17, 15) is 8.42 Å². The molecule has 0 radical (unpaired) electrons. The van der Waals surface area contributed by atoms with E-state index in [-0.39, 0.29) is 5.75 Å². The number of sulfonamides is 1. The van der Waals surface area contributed by atoms with Gasteiger partial charge in [-0.1, -0.05) is 31.9 Å². The van der Waals surface area contributed by atoms with Gasteiger partial charge in [-0.05, 0) is 18.6 Å². The first kappa shape index (κ1) is 21.2. The van der Waals surface area contributed by atoms with E-state index in [1.54, 1.807) is 22.8 Å². The Bertz CT molecular complexity index is 859. The highest BCUT2D eigenvalue weighted by Crippen LogP contribution is 2.27. The molecule has 1 aliphatic rings. The highest BCUT2D eigenvalue weighted by atomic mass is 32.2. The Labute approximate surface area is 172 Å². The Hall–Kier alpha value is -1.48. The quantitative estimate of drug-likeness (QED) is 0.578. The third kappa shape index (κ3) is 5.53. The van der Waals surface area contributed by atoms with Gasteiger partial charge in [-0.25, -0.2) is 13.4 Å². The Morgan fingerprint density at radius 2 is 1.96 bits per heavy atom. The standard InChI is InChI=1S/C20H29N3O3S2/c1-3-4-5-13-28(24,25)23-11-9-22(10-12-23)15-18-16-27-20(21-18)17-7-6-8-19(14-17)26-2/h6-8,14,16H,3-5,9-13,15H2,1-2H3. The first-order valence-corrected chi connectivity index (χ1v) is 12.3. The average Bonchev–Trinajstić information content (AvgIpc) is 3.17. The van der Waals surface area contributed by atoms with Crippen molar-refractivity contribution >= 4 is 21.4 Å². The minimum absolute atomic E-state index is 0.275. The van der Waals surface area contributed by atoms with Gasteiger partial charge in [0, 0.05) is 43.7 Å². The SMILES string of the molecule is CCCCCS(=O)(=O)N1CCN(Cc2csc(-c3cccc(OC)c3)n2)CC1. The number of methoxy groups -OCH3 is 1. The summed E-state index contributed by atoms with van der Waals surface area (Å²) >= 11 is 1.63. The summed E-state index contributed by atoms with van der Waals surface area (Å²) in [7, 11) is -1.45. The monoisotopic (exact) mass is 423 g/mol. The lowest BCUT2D eigenvalue weighted by Gasteiger charge is -2.33. The van der Waals surface area contributed by atoms with Gasteiger partial charge in [0.2, 0.25) is 10.0 Å². The minimum atomic E-state index is -3.11. The van der Waals surface area contributed by atoms with Crippen molar-refractivity contribution in [2.75, 3.05) is 39.0 Å². The van der Waals surface area contributed by atoms with E-state index in [0.717, 1.165) is 60.9 Å². The zero-order chi connectivity index (χ0) is 20.0. The molecule has 3 rings (SSSR count). The van der Waals surface area contributed by atoms with Gasteiger partial charge >= 0.3 is 0 Å². The van der Waals surface area contributed by atoms with Crippen LogP contribution in [0.4, 0.5) is 0 Å². The molecule has 1 saturated heterocycles. The van der Waals surface area contributed by atoms with E-state index in [1.807, 2.05) is 24.3 Å². The van der Waals surface area contributed by atoms with Crippen molar-refractivity contribution in [2.24, 2.45) is 0 Å². The van der Waals surface area contributed by atoms with E-state index < -0.39 is 10.0 Å². The predicted octanol–water partition coefficient (Wildman–Crippen LogP) is 3.46. The van der Waals surface area contributed by atoms with Gasteiger partial charge in [-0.2, -0.15) is 4.31 Å². The fourth-order valence-corrected chi connectivity index (χ4v) is 5.68. The summed E-state index contributed by atoms with van der Waals surface area (Å²) in [5.41, 5.74) is 2.08. The number of aromatic nitrogens is 1. The number of unbranched alkanes of at least 4 members (excludes halogenated alkanes) is 2. The van der Waals surface area contributed by atoms with Crippen LogP contribution in [0.3, 0.4) is 0 Å². The number of rotatable bonds is 9. The fraction of sp³-hybridized carbons (Fsp3) is 0.550. The van der Waals surface area contributed by atoms with Crippen molar-refractivity contribution in [1.29, 1.82) is 0 Å². The maximum atomic E-state index is 12.4. The third-order valence-electron chi connectivity index (χ3n) is 4.98. The molecule has 2 heterocycles. The van der Waals surface area contributed by atoms with E-state index >= 15 is 0 Å². The maximum Gasteiger partial charge on any atom is 0.214 e. The van der Waals surface area contributed by atoms with Crippen LogP contribution in [-0.2, 0) is 16.6 Å². The number of nitrogens with zero attached hydrogens (tertiary/aromatic N) is 3. The van der Waals surface area contributed by atoms with Gasteiger partial charge < -0.3 is 4.74 Å². The van der Waals surface area contributed by atoms with Crippen LogP contribution in [0.15, 0.2) is 29.6 Å². The second-order valence-electron chi connectivity index (χ2n) is 7.07. The molecule has 0 spiro atoms. The van der Waals surface area contributed by atoms with E-state index in [2.05, 4.69) is 17.2 Å². The van der Waals surface area contributed by atoms with Crippen LogP contribution in [-0.4, -0.2) is 61.6 Å². The molecule has 1 aliphatic heterocycles. The van der Waals surface area contributed by atoms with E-state index in [0.29, 0.717) is 13.1 Å². The van der Waals surface area contributed by atoms with Crippen molar-refractivity contribution in [1.82, 2.24) is 14.2 Å². The summed E-state index contributed by atoms with van der Waals surface area (Å²) in [6.07, 6.45) is 2.76. The molecule has 0 saturated carbocycles. The van der Waals surface area contributed by atoms with E-state index in [1.165, 1.54) is 0 Å². The van der Waals surface area contributed by atoms with Gasteiger partial charge in [0.05, 0.1) is 18.6 Å². The molecule has 0 aliphatic carbocycles. The number of hydrogen-bond acceptors (Lipinski definition) is 6. The summed E-state index contributed by atoms with van der Waals surface area (Å²) in [6, 6.07) is 7.92. The molecule has 0 unspecified atom stereocenters. The molecular weight excluding hydrogens is 394 g/mol. The fourth-order valence-electron chi connectivity index (χ4n) is 3.33. The topological polar surface area (TPSA) is 62.7 Å². The summed E-state index contributed by atoms with van der Waals surface area (Å²) in [5, 5.41) is 3.06. The Morgan fingerprint density at radius 1 is 1.18 bits per heavy atom. The van der Waals surface area contributed by atoms with Crippen molar-refractivity contribution in [3.63, 3.8) is 0 Å². The van der Waals surface area contributed by atoms with Crippen LogP contribution in [0, 0.1) is 0 Å². The first-order chi connectivity index (χ1) is 13.5. The van der Waals surface area contributed by atoms with Gasteiger partial charge in [-0.3, -0.25) is 4.90 Å². The average molecular weight is 424 g/mol. The molecule has 1 aromatic heterocycles. The van der Waals surface area contributed by atoms with Crippen molar-refractivity contribution in [3.8, 4) is 16.3 Å². The lowest BCUT2D eigenvalue weighted by molar-refractivity contribution is 0.180. The Kier molecular flexibility index (Phi) is 7.45.